The maximum atomic E-state index is 10.2. The van der Waals surface area contributed by atoms with Crippen LogP contribution in [0.2, 0.25) is 0 Å². The maximum absolute atomic E-state index is 10.2. The summed E-state index contributed by atoms with van der Waals surface area (Å²) in [5, 5.41) is 8.56. The van der Waals surface area contributed by atoms with Crippen LogP contribution in [0.5, 0.6) is 0 Å². The van der Waals surface area contributed by atoms with Crippen LogP contribution in [-0.2, 0) is 4.79 Å². The molecule has 0 aliphatic rings. The summed E-state index contributed by atoms with van der Waals surface area (Å²) in [5.41, 5.74) is 5.27. The van der Waals surface area contributed by atoms with Gasteiger partial charge >= 0.3 is 5.97 Å². The Balaban J connectivity index is 3.22. The average molecular weight is 195 g/mol. The van der Waals surface area contributed by atoms with Crippen molar-refractivity contribution < 1.29 is 9.90 Å². The molecule has 5 heteroatoms. The number of carboxylic acid groups (broad SMARTS) is 1. The maximum Gasteiger partial charge on any atom is 0.304 e. The van der Waals surface area contributed by atoms with Crippen molar-refractivity contribution in [1.29, 1.82) is 0 Å². The fourth-order valence-electron chi connectivity index (χ4n) is 0.492. The van der Waals surface area contributed by atoms with Crippen molar-refractivity contribution >= 4 is 27.6 Å². The van der Waals surface area contributed by atoms with Crippen LogP contribution in [0.25, 0.3) is 0 Å². The number of carbonyl (C=O) groups is 1. The molecule has 0 aromatic carbocycles. The van der Waals surface area contributed by atoms with Crippen LogP contribution < -0.4 is 5.73 Å². The second kappa shape index (κ2) is 6.82. The van der Waals surface area contributed by atoms with Gasteiger partial charge < -0.3 is 10.8 Å². The van der Waals surface area contributed by atoms with Crippen molar-refractivity contribution in [2.24, 2.45) is 5.73 Å². The molecule has 0 aromatic heterocycles. The number of rotatable bonds is 6. The first-order chi connectivity index (χ1) is 5.16. The Hall–Kier alpha value is 0.130. The lowest BCUT2D eigenvalue weighted by atomic mass is 10.3. The number of carboxylic acids is 1. The lowest BCUT2D eigenvalue weighted by Gasteiger charge is -2.05. The minimum absolute atomic E-state index is 0.170. The topological polar surface area (TPSA) is 63.3 Å². The van der Waals surface area contributed by atoms with Gasteiger partial charge in [-0.15, -0.1) is 0 Å². The molecule has 0 heterocycles. The summed E-state index contributed by atoms with van der Waals surface area (Å²) < 4.78 is 0. The van der Waals surface area contributed by atoms with Crippen LogP contribution in [0.1, 0.15) is 13.3 Å². The highest BCUT2D eigenvalue weighted by Gasteiger charge is 2.07. The summed E-state index contributed by atoms with van der Waals surface area (Å²) in [5.74, 6) is 0.146. The molecular formula is C6H13NO2S2. The van der Waals surface area contributed by atoms with E-state index in [1.165, 1.54) is 0 Å². The van der Waals surface area contributed by atoms with E-state index in [1.54, 1.807) is 21.6 Å². The van der Waals surface area contributed by atoms with Gasteiger partial charge in [-0.2, -0.15) is 0 Å². The van der Waals surface area contributed by atoms with Crippen molar-refractivity contribution in [3.8, 4) is 0 Å². The van der Waals surface area contributed by atoms with E-state index >= 15 is 0 Å². The summed E-state index contributed by atoms with van der Waals surface area (Å²) in [4.78, 5) is 10.2. The zero-order valence-corrected chi connectivity index (χ0v) is 8.08. The molecule has 1 atom stereocenters. The van der Waals surface area contributed by atoms with Crippen molar-refractivity contribution in [2.75, 3.05) is 12.3 Å². The molecule has 0 aromatic rings. The standard InChI is InChI=1S/C6H13NO2S2/c1-5(4-6(8)9)11-10-3-2-7/h5H,2-4,7H2,1H3,(H,8,9). The van der Waals surface area contributed by atoms with E-state index in [4.69, 9.17) is 10.8 Å². The number of aliphatic carboxylic acids is 1. The Morgan fingerprint density at radius 3 is 2.82 bits per heavy atom. The third kappa shape index (κ3) is 8.03. The molecule has 0 aliphatic carbocycles. The Morgan fingerprint density at radius 1 is 1.73 bits per heavy atom. The Labute approximate surface area is 74.5 Å². The smallest absolute Gasteiger partial charge is 0.304 e. The average Bonchev–Trinajstić information content (AvgIpc) is 1.86. The van der Waals surface area contributed by atoms with E-state index in [-0.39, 0.29) is 11.7 Å². The van der Waals surface area contributed by atoms with Crippen LogP contribution in [-0.4, -0.2) is 28.6 Å². The Bertz CT molecular complexity index is 121. The molecule has 0 saturated heterocycles. The summed E-state index contributed by atoms with van der Waals surface area (Å²) in [6, 6.07) is 0. The molecule has 3 nitrogen and oxygen atoms in total. The minimum Gasteiger partial charge on any atom is -0.481 e. The second-order valence-electron chi connectivity index (χ2n) is 2.12. The van der Waals surface area contributed by atoms with Crippen LogP contribution in [0.3, 0.4) is 0 Å². The van der Waals surface area contributed by atoms with Gasteiger partial charge in [0.2, 0.25) is 0 Å². The molecule has 0 bridgehead atoms. The summed E-state index contributed by atoms with van der Waals surface area (Å²) in [7, 11) is 3.22. The van der Waals surface area contributed by atoms with Gasteiger partial charge in [-0.3, -0.25) is 4.79 Å². The molecule has 0 radical (unpaired) electrons. The first-order valence-electron chi connectivity index (χ1n) is 3.37. The van der Waals surface area contributed by atoms with Crippen LogP contribution >= 0.6 is 21.6 Å². The predicted octanol–water partition coefficient (Wildman–Crippen LogP) is 1.19. The minimum atomic E-state index is -0.738. The summed E-state index contributed by atoms with van der Waals surface area (Å²) >= 11 is 0. The molecule has 0 fully saturated rings. The fraction of sp³-hybridized carbons (Fsp3) is 0.833. The van der Waals surface area contributed by atoms with E-state index in [9.17, 15) is 4.79 Å². The van der Waals surface area contributed by atoms with Gasteiger partial charge in [-0.05, 0) is 0 Å². The molecule has 0 saturated carbocycles. The monoisotopic (exact) mass is 195 g/mol. The first kappa shape index (κ1) is 11.1. The highest BCUT2D eigenvalue weighted by atomic mass is 33.1. The molecule has 0 aliphatic heterocycles. The van der Waals surface area contributed by atoms with Gasteiger partial charge in [-0.1, -0.05) is 28.5 Å². The molecule has 0 amide bonds. The quantitative estimate of drug-likeness (QED) is 0.492. The Kier molecular flexibility index (Phi) is 6.90. The zero-order chi connectivity index (χ0) is 8.69. The fourth-order valence-corrected chi connectivity index (χ4v) is 2.61. The lowest BCUT2D eigenvalue weighted by Crippen LogP contribution is -2.05. The molecule has 0 spiro atoms. The SMILES string of the molecule is CC(CC(=O)O)SSCCN. The molecule has 0 rings (SSSR count). The highest BCUT2D eigenvalue weighted by molar-refractivity contribution is 8.76. The van der Waals surface area contributed by atoms with E-state index in [0.717, 1.165) is 5.75 Å². The van der Waals surface area contributed by atoms with Gasteiger partial charge in [0, 0.05) is 17.5 Å². The molecule has 11 heavy (non-hydrogen) atoms. The van der Waals surface area contributed by atoms with E-state index in [1.807, 2.05) is 6.92 Å². The second-order valence-corrected chi connectivity index (χ2v) is 5.04. The van der Waals surface area contributed by atoms with E-state index < -0.39 is 5.97 Å². The van der Waals surface area contributed by atoms with Gasteiger partial charge in [-0.25, -0.2) is 0 Å². The first-order valence-corrected chi connectivity index (χ1v) is 5.75. The van der Waals surface area contributed by atoms with Gasteiger partial charge in [0.1, 0.15) is 0 Å². The van der Waals surface area contributed by atoms with Crippen molar-refractivity contribution in [3.63, 3.8) is 0 Å². The number of hydrogen-bond donors (Lipinski definition) is 2. The normalized spacial score (nSPS) is 12.9. The van der Waals surface area contributed by atoms with Crippen molar-refractivity contribution in [3.05, 3.63) is 0 Å². The summed E-state index contributed by atoms with van der Waals surface area (Å²) in [6.45, 7) is 2.56. The predicted molar refractivity (Wildman–Crippen MR) is 50.8 cm³/mol. The largest absolute Gasteiger partial charge is 0.481 e. The lowest BCUT2D eigenvalue weighted by molar-refractivity contribution is -0.136. The highest BCUT2D eigenvalue weighted by Crippen LogP contribution is 2.27. The van der Waals surface area contributed by atoms with Gasteiger partial charge in [0.15, 0.2) is 0 Å². The Morgan fingerprint density at radius 2 is 2.36 bits per heavy atom. The van der Waals surface area contributed by atoms with Gasteiger partial charge in [0.25, 0.3) is 0 Å². The molecular weight excluding hydrogens is 182 g/mol. The van der Waals surface area contributed by atoms with Crippen LogP contribution in [0.4, 0.5) is 0 Å². The molecule has 1 unspecified atom stereocenters. The molecule has 66 valence electrons. The van der Waals surface area contributed by atoms with Crippen molar-refractivity contribution in [2.45, 2.75) is 18.6 Å². The molecule has 3 N–H and O–H groups in total. The third-order valence-corrected chi connectivity index (χ3v) is 3.82. The van der Waals surface area contributed by atoms with Gasteiger partial charge in [0.05, 0.1) is 6.42 Å². The van der Waals surface area contributed by atoms with E-state index in [2.05, 4.69) is 0 Å². The van der Waals surface area contributed by atoms with E-state index in [0.29, 0.717) is 6.54 Å². The van der Waals surface area contributed by atoms with Crippen LogP contribution in [0, 0.1) is 0 Å². The van der Waals surface area contributed by atoms with Crippen LogP contribution in [0.15, 0.2) is 0 Å². The summed E-state index contributed by atoms with van der Waals surface area (Å²) in [6.07, 6.45) is 0.224. The number of hydrogen-bond acceptors (Lipinski definition) is 4. The third-order valence-electron chi connectivity index (χ3n) is 0.896. The number of nitrogens with two attached hydrogens (primary N) is 1. The van der Waals surface area contributed by atoms with Crippen molar-refractivity contribution in [1.82, 2.24) is 0 Å². The zero-order valence-electron chi connectivity index (χ0n) is 6.45.